The lowest BCUT2D eigenvalue weighted by atomic mass is 10.1. The molecule has 0 spiro atoms. The molecule has 1 unspecified atom stereocenters. The second kappa shape index (κ2) is 9.88. The summed E-state index contributed by atoms with van der Waals surface area (Å²) >= 11 is 0. The maximum absolute atomic E-state index is 12.6. The summed E-state index contributed by atoms with van der Waals surface area (Å²) in [4.78, 5) is 25.9. The number of fused-ring (bicyclic) bond motifs is 1. The van der Waals surface area contributed by atoms with E-state index in [1.807, 2.05) is 66.1 Å². The Balaban J connectivity index is 0.000000396. The Morgan fingerprint density at radius 3 is 2.27 bits per heavy atom. The number of pyridine rings is 1. The number of aryl methyl sites for hydroxylation is 1. The van der Waals surface area contributed by atoms with Crippen LogP contribution in [0.15, 0.2) is 54.7 Å². The van der Waals surface area contributed by atoms with E-state index in [1.165, 1.54) is 0 Å². The quantitative estimate of drug-likeness (QED) is 0.588. The first kappa shape index (κ1) is 22.9. The van der Waals surface area contributed by atoms with E-state index < -0.39 is 12.1 Å². The van der Waals surface area contributed by atoms with Crippen molar-refractivity contribution in [2.45, 2.75) is 25.6 Å². The number of aromatic nitrogens is 2. The Hall–Kier alpha value is -3.40. The fourth-order valence-electron chi connectivity index (χ4n) is 2.62. The molecular formula is C20H21F3N4O3. The summed E-state index contributed by atoms with van der Waals surface area (Å²) in [5, 5.41) is 13.1. The smallest absolute Gasteiger partial charge is 0.475 e. The molecule has 0 radical (unpaired) electrons. The Morgan fingerprint density at radius 1 is 1.13 bits per heavy atom. The summed E-state index contributed by atoms with van der Waals surface area (Å²) in [6.07, 6.45) is -2.51. The van der Waals surface area contributed by atoms with Gasteiger partial charge in [-0.2, -0.15) is 13.2 Å². The van der Waals surface area contributed by atoms with E-state index in [1.54, 1.807) is 7.05 Å². The maximum Gasteiger partial charge on any atom is 0.490 e. The van der Waals surface area contributed by atoms with E-state index >= 15 is 0 Å². The molecule has 1 atom stereocenters. The van der Waals surface area contributed by atoms with Gasteiger partial charge < -0.3 is 20.1 Å². The number of nitrogens with zero attached hydrogens (tertiary/aromatic N) is 2. The molecule has 3 N–H and O–H groups in total. The molecule has 30 heavy (non-hydrogen) atoms. The first-order chi connectivity index (χ1) is 14.1. The zero-order valence-corrected chi connectivity index (χ0v) is 16.3. The number of hydrogen-bond acceptors (Lipinski definition) is 4. The number of carboxylic acids is 1. The standard InChI is InChI=1S/C18H20N4O.C2HF3O2/c1-13-17(20-16-10-6-7-11-22(13)16)21-18(23)15(19-2)12-14-8-4-3-5-9-14;3-2(4,5)1(6)7/h3-11,15,19H,12H2,1-2H3,(H,21,23);(H,6,7). The van der Waals surface area contributed by atoms with Gasteiger partial charge in [0.15, 0.2) is 5.82 Å². The maximum atomic E-state index is 12.6. The number of amides is 1. The number of alkyl halides is 3. The second-order valence-electron chi connectivity index (χ2n) is 6.30. The number of carbonyl (C=O) groups excluding carboxylic acids is 1. The Bertz CT molecular complexity index is 1000. The Morgan fingerprint density at radius 2 is 1.73 bits per heavy atom. The van der Waals surface area contributed by atoms with Gasteiger partial charge in [-0.05, 0) is 38.1 Å². The number of benzene rings is 1. The van der Waals surface area contributed by atoms with Crippen molar-refractivity contribution < 1.29 is 27.9 Å². The topological polar surface area (TPSA) is 95.7 Å². The molecule has 0 aliphatic heterocycles. The third-order valence-electron chi connectivity index (χ3n) is 4.20. The summed E-state index contributed by atoms with van der Waals surface area (Å²) < 4.78 is 33.7. The number of imidazole rings is 1. The SMILES string of the molecule is CNC(Cc1ccccc1)C(=O)Nc1nc2ccccn2c1C.O=C(O)C(F)(F)F. The number of likely N-dealkylation sites (N-methyl/N-ethyl adjacent to an activating group) is 1. The third-order valence-corrected chi connectivity index (χ3v) is 4.20. The molecule has 2 heterocycles. The molecule has 3 rings (SSSR count). The number of aliphatic carboxylic acids is 1. The van der Waals surface area contributed by atoms with Crippen LogP contribution in [-0.4, -0.2) is 45.6 Å². The van der Waals surface area contributed by atoms with Gasteiger partial charge in [0.05, 0.1) is 11.7 Å². The Kier molecular flexibility index (Phi) is 7.54. The fraction of sp³-hybridized carbons (Fsp3) is 0.250. The molecule has 2 aromatic heterocycles. The molecule has 1 aromatic carbocycles. The van der Waals surface area contributed by atoms with Crippen molar-refractivity contribution in [3.63, 3.8) is 0 Å². The van der Waals surface area contributed by atoms with Crippen LogP contribution in [0.5, 0.6) is 0 Å². The van der Waals surface area contributed by atoms with Gasteiger partial charge in [-0.15, -0.1) is 0 Å². The summed E-state index contributed by atoms with van der Waals surface area (Å²) in [5.41, 5.74) is 2.86. The van der Waals surface area contributed by atoms with Crippen LogP contribution in [0.4, 0.5) is 19.0 Å². The summed E-state index contributed by atoms with van der Waals surface area (Å²) in [5.74, 6) is -2.23. The molecule has 0 bridgehead atoms. The zero-order chi connectivity index (χ0) is 22.3. The minimum absolute atomic E-state index is 0.0807. The van der Waals surface area contributed by atoms with Gasteiger partial charge >= 0.3 is 12.1 Å². The normalized spacial score (nSPS) is 12.0. The van der Waals surface area contributed by atoms with Crippen molar-refractivity contribution in [3.8, 4) is 0 Å². The van der Waals surface area contributed by atoms with Gasteiger partial charge in [-0.3, -0.25) is 4.79 Å². The van der Waals surface area contributed by atoms with E-state index in [-0.39, 0.29) is 11.9 Å². The van der Waals surface area contributed by atoms with Gasteiger partial charge in [-0.1, -0.05) is 36.4 Å². The molecular weight excluding hydrogens is 401 g/mol. The van der Waals surface area contributed by atoms with Crippen molar-refractivity contribution >= 4 is 23.3 Å². The number of hydrogen-bond donors (Lipinski definition) is 3. The molecule has 7 nitrogen and oxygen atoms in total. The van der Waals surface area contributed by atoms with Crippen LogP contribution in [0.2, 0.25) is 0 Å². The predicted octanol–water partition coefficient (Wildman–Crippen LogP) is 3.05. The molecule has 10 heteroatoms. The number of anilines is 1. The number of halogens is 3. The summed E-state index contributed by atoms with van der Waals surface area (Å²) in [6.45, 7) is 1.95. The lowest BCUT2D eigenvalue weighted by Gasteiger charge is -2.15. The van der Waals surface area contributed by atoms with E-state index in [0.717, 1.165) is 16.9 Å². The molecule has 0 fully saturated rings. The number of nitrogens with one attached hydrogen (secondary N) is 2. The van der Waals surface area contributed by atoms with Crippen LogP contribution in [0, 0.1) is 6.92 Å². The fourth-order valence-corrected chi connectivity index (χ4v) is 2.62. The predicted molar refractivity (Wildman–Crippen MR) is 105 cm³/mol. The van der Waals surface area contributed by atoms with Crippen molar-refractivity contribution in [2.24, 2.45) is 0 Å². The minimum atomic E-state index is -5.08. The highest BCUT2D eigenvalue weighted by Crippen LogP contribution is 2.17. The zero-order valence-electron chi connectivity index (χ0n) is 16.3. The van der Waals surface area contributed by atoms with E-state index in [0.29, 0.717) is 12.2 Å². The molecule has 3 aromatic rings. The van der Waals surface area contributed by atoms with Gasteiger partial charge in [0.25, 0.3) is 0 Å². The van der Waals surface area contributed by atoms with Crippen molar-refractivity contribution in [3.05, 3.63) is 66.0 Å². The Labute approximate surface area is 170 Å². The van der Waals surface area contributed by atoms with Crippen molar-refractivity contribution in [2.75, 3.05) is 12.4 Å². The first-order valence-electron chi connectivity index (χ1n) is 8.89. The van der Waals surface area contributed by atoms with Gasteiger partial charge in [0.2, 0.25) is 5.91 Å². The number of rotatable bonds is 5. The van der Waals surface area contributed by atoms with Crippen LogP contribution >= 0.6 is 0 Å². The molecule has 160 valence electrons. The molecule has 0 aliphatic carbocycles. The summed E-state index contributed by atoms with van der Waals surface area (Å²) in [6, 6.07) is 15.5. The van der Waals surface area contributed by atoms with Gasteiger partial charge in [-0.25, -0.2) is 9.78 Å². The average molecular weight is 422 g/mol. The first-order valence-corrected chi connectivity index (χ1v) is 8.89. The van der Waals surface area contributed by atoms with Crippen LogP contribution in [0.1, 0.15) is 11.3 Å². The minimum Gasteiger partial charge on any atom is -0.475 e. The van der Waals surface area contributed by atoms with Crippen LogP contribution < -0.4 is 10.6 Å². The van der Waals surface area contributed by atoms with Crippen LogP contribution in [-0.2, 0) is 16.0 Å². The summed E-state index contributed by atoms with van der Waals surface area (Å²) in [7, 11) is 1.80. The largest absolute Gasteiger partial charge is 0.490 e. The van der Waals surface area contributed by atoms with Crippen molar-refractivity contribution in [1.29, 1.82) is 0 Å². The van der Waals surface area contributed by atoms with Crippen LogP contribution in [0.25, 0.3) is 5.65 Å². The molecule has 0 aliphatic rings. The van der Waals surface area contributed by atoms with E-state index in [9.17, 15) is 18.0 Å². The monoisotopic (exact) mass is 422 g/mol. The van der Waals surface area contributed by atoms with Gasteiger partial charge in [0, 0.05) is 6.20 Å². The van der Waals surface area contributed by atoms with Gasteiger partial charge in [0.1, 0.15) is 5.65 Å². The van der Waals surface area contributed by atoms with Crippen LogP contribution in [0.3, 0.4) is 0 Å². The lowest BCUT2D eigenvalue weighted by molar-refractivity contribution is -0.192. The molecule has 0 saturated carbocycles. The number of carboxylic acid groups (broad SMARTS) is 1. The van der Waals surface area contributed by atoms with E-state index in [2.05, 4.69) is 15.6 Å². The third kappa shape index (κ3) is 6.05. The highest BCUT2D eigenvalue weighted by Gasteiger charge is 2.38. The van der Waals surface area contributed by atoms with Crippen molar-refractivity contribution in [1.82, 2.24) is 14.7 Å². The van der Waals surface area contributed by atoms with E-state index in [4.69, 9.17) is 9.90 Å². The number of carbonyl (C=O) groups is 2. The molecule has 0 saturated heterocycles. The second-order valence-corrected chi connectivity index (χ2v) is 6.30. The lowest BCUT2D eigenvalue weighted by Crippen LogP contribution is -2.40. The highest BCUT2D eigenvalue weighted by molar-refractivity contribution is 5.95. The average Bonchev–Trinajstić information content (AvgIpc) is 3.02. The highest BCUT2D eigenvalue weighted by atomic mass is 19.4. The molecule has 1 amide bonds.